The van der Waals surface area contributed by atoms with Crippen molar-refractivity contribution < 1.29 is 19.0 Å². The second-order valence-electron chi connectivity index (χ2n) is 6.13. The Labute approximate surface area is 147 Å². The van der Waals surface area contributed by atoms with Crippen LogP contribution in [0.4, 0.5) is 0 Å². The van der Waals surface area contributed by atoms with Crippen LogP contribution in [-0.4, -0.2) is 31.0 Å². The standard InChI is InChI=1S/C20H23NO4/c1-14-11-17(18(12-21-14)20(22)23-2)16-8-4-3-7-15(16)13-25-19-9-5-6-10-24-19/h3-4,7-8,11-12,19H,5-6,9-10,13H2,1-2H3. The highest BCUT2D eigenvalue weighted by atomic mass is 16.7. The number of rotatable bonds is 5. The molecule has 132 valence electrons. The van der Waals surface area contributed by atoms with Gasteiger partial charge in [0.1, 0.15) is 0 Å². The lowest BCUT2D eigenvalue weighted by Crippen LogP contribution is -2.22. The van der Waals surface area contributed by atoms with Crippen molar-refractivity contribution in [2.45, 2.75) is 39.1 Å². The normalized spacial score (nSPS) is 17.3. The minimum atomic E-state index is -0.395. The van der Waals surface area contributed by atoms with Crippen LogP contribution in [0.1, 0.15) is 40.9 Å². The van der Waals surface area contributed by atoms with Crippen molar-refractivity contribution >= 4 is 5.97 Å². The number of esters is 1. The summed E-state index contributed by atoms with van der Waals surface area (Å²) in [5.41, 5.74) is 4.06. The van der Waals surface area contributed by atoms with Crippen LogP contribution in [0.5, 0.6) is 0 Å². The predicted octanol–water partition coefficient (Wildman–Crippen LogP) is 3.89. The van der Waals surface area contributed by atoms with E-state index < -0.39 is 5.97 Å². The molecule has 1 fully saturated rings. The first-order valence-corrected chi connectivity index (χ1v) is 8.55. The smallest absolute Gasteiger partial charge is 0.340 e. The fourth-order valence-electron chi connectivity index (χ4n) is 2.99. The van der Waals surface area contributed by atoms with Crippen molar-refractivity contribution in [3.63, 3.8) is 0 Å². The number of benzene rings is 1. The van der Waals surface area contributed by atoms with E-state index in [2.05, 4.69) is 4.98 Å². The molecule has 1 unspecified atom stereocenters. The monoisotopic (exact) mass is 341 g/mol. The van der Waals surface area contributed by atoms with Gasteiger partial charge in [0.15, 0.2) is 6.29 Å². The van der Waals surface area contributed by atoms with Gasteiger partial charge in [0, 0.05) is 18.5 Å². The molecule has 1 atom stereocenters. The van der Waals surface area contributed by atoms with Gasteiger partial charge < -0.3 is 14.2 Å². The summed E-state index contributed by atoms with van der Waals surface area (Å²) < 4.78 is 16.5. The summed E-state index contributed by atoms with van der Waals surface area (Å²) in [5, 5.41) is 0. The summed E-state index contributed by atoms with van der Waals surface area (Å²) in [6, 6.07) is 9.82. The van der Waals surface area contributed by atoms with Crippen LogP contribution in [0.25, 0.3) is 11.1 Å². The molecule has 0 radical (unpaired) electrons. The van der Waals surface area contributed by atoms with Gasteiger partial charge in [0.05, 0.1) is 19.3 Å². The maximum Gasteiger partial charge on any atom is 0.340 e. The first kappa shape index (κ1) is 17.6. The minimum absolute atomic E-state index is 0.152. The minimum Gasteiger partial charge on any atom is -0.465 e. The average molecular weight is 341 g/mol. The Morgan fingerprint density at radius 2 is 2.12 bits per heavy atom. The van der Waals surface area contributed by atoms with Crippen LogP contribution in [0.3, 0.4) is 0 Å². The number of aryl methyl sites for hydroxylation is 1. The Morgan fingerprint density at radius 1 is 1.28 bits per heavy atom. The maximum atomic E-state index is 12.1. The van der Waals surface area contributed by atoms with E-state index in [1.807, 2.05) is 37.3 Å². The van der Waals surface area contributed by atoms with E-state index in [0.29, 0.717) is 12.2 Å². The Balaban J connectivity index is 1.90. The summed E-state index contributed by atoms with van der Waals surface area (Å²) >= 11 is 0. The van der Waals surface area contributed by atoms with E-state index in [1.54, 1.807) is 6.20 Å². The second kappa shape index (κ2) is 8.23. The van der Waals surface area contributed by atoms with E-state index >= 15 is 0 Å². The molecular formula is C20H23NO4. The summed E-state index contributed by atoms with van der Waals surface area (Å²) in [4.78, 5) is 16.4. The molecule has 0 spiro atoms. The van der Waals surface area contributed by atoms with Crippen molar-refractivity contribution in [3.8, 4) is 11.1 Å². The lowest BCUT2D eigenvalue weighted by molar-refractivity contribution is -0.168. The summed E-state index contributed by atoms with van der Waals surface area (Å²) in [5.74, 6) is -0.395. The highest BCUT2D eigenvalue weighted by Crippen LogP contribution is 2.29. The number of hydrogen-bond donors (Lipinski definition) is 0. The number of carbonyl (C=O) groups excluding carboxylic acids is 1. The van der Waals surface area contributed by atoms with Gasteiger partial charge >= 0.3 is 5.97 Å². The molecule has 2 aromatic rings. The SMILES string of the molecule is COC(=O)c1cnc(C)cc1-c1ccccc1COC1CCCCO1. The molecule has 0 amide bonds. The van der Waals surface area contributed by atoms with Gasteiger partial charge in [0.25, 0.3) is 0 Å². The fourth-order valence-corrected chi connectivity index (χ4v) is 2.99. The van der Waals surface area contributed by atoms with Crippen LogP contribution >= 0.6 is 0 Å². The second-order valence-corrected chi connectivity index (χ2v) is 6.13. The number of ether oxygens (including phenoxy) is 3. The molecule has 2 heterocycles. The molecule has 0 aliphatic carbocycles. The number of nitrogens with zero attached hydrogens (tertiary/aromatic N) is 1. The number of carbonyl (C=O) groups is 1. The third kappa shape index (κ3) is 4.24. The van der Waals surface area contributed by atoms with Gasteiger partial charge in [0.2, 0.25) is 0 Å². The molecule has 1 aromatic carbocycles. The van der Waals surface area contributed by atoms with Gasteiger partial charge in [-0.3, -0.25) is 4.98 Å². The quantitative estimate of drug-likeness (QED) is 0.772. The molecule has 5 nitrogen and oxygen atoms in total. The Bertz CT molecular complexity index is 738. The van der Waals surface area contributed by atoms with E-state index in [9.17, 15) is 4.79 Å². The van der Waals surface area contributed by atoms with Crippen LogP contribution in [0.15, 0.2) is 36.5 Å². The van der Waals surface area contributed by atoms with Gasteiger partial charge in [-0.05, 0) is 48.9 Å². The molecule has 0 bridgehead atoms. The lowest BCUT2D eigenvalue weighted by atomic mass is 9.96. The summed E-state index contributed by atoms with van der Waals surface area (Å²) in [7, 11) is 1.38. The third-order valence-corrected chi connectivity index (χ3v) is 4.32. The fraction of sp³-hybridized carbons (Fsp3) is 0.400. The molecule has 1 aliphatic rings. The van der Waals surface area contributed by atoms with Crippen molar-refractivity contribution in [2.75, 3.05) is 13.7 Å². The topological polar surface area (TPSA) is 57.7 Å². The number of aromatic nitrogens is 1. The predicted molar refractivity (Wildman–Crippen MR) is 94.1 cm³/mol. The maximum absolute atomic E-state index is 12.1. The Morgan fingerprint density at radius 3 is 2.88 bits per heavy atom. The van der Waals surface area contributed by atoms with Crippen LogP contribution in [-0.2, 0) is 20.8 Å². The average Bonchev–Trinajstić information content (AvgIpc) is 2.67. The summed E-state index contributed by atoms with van der Waals surface area (Å²) in [6.45, 7) is 3.09. The third-order valence-electron chi connectivity index (χ3n) is 4.32. The molecule has 1 aliphatic heterocycles. The Hall–Kier alpha value is -2.24. The molecule has 5 heteroatoms. The molecule has 1 saturated heterocycles. The number of methoxy groups -OCH3 is 1. The van der Waals surface area contributed by atoms with Crippen molar-refractivity contribution in [1.29, 1.82) is 0 Å². The molecule has 3 rings (SSSR count). The van der Waals surface area contributed by atoms with E-state index in [0.717, 1.165) is 48.3 Å². The Kier molecular flexibility index (Phi) is 5.79. The molecule has 25 heavy (non-hydrogen) atoms. The summed E-state index contributed by atoms with van der Waals surface area (Å²) in [6.07, 6.45) is 4.56. The molecule has 0 saturated carbocycles. The van der Waals surface area contributed by atoms with Crippen molar-refractivity contribution in [1.82, 2.24) is 4.98 Å². The highest BCUT2D eigenvalue weighted by molar-refractivity contribution is 5.97. The number of pyridine rings is 1. The van der Waals surface area contributed by atoms with E-state index in [4.69, 9.17) is 14.2 Å². The van der Waals surface area contributed by atoms with E-state index in [-0.39, 0.29) is 6.29 Å². The van der Waals surface area contributed by atoms with Gasteiger partial charge in [-0.15, -0.1) is 0 Å². The highest BCUT2D eigenvalue weighted by Gasteiger charge is 2.18. The zero-order valence-corrected chi connectivity index (χ0v) is 14.7. The van der Waals surface area contributed by atoms with Crippen LogP contribution in [0, 0.1) is 6.92 Å². The largest absolute Gasteiger partial charge is 0.465 e. The van der Waals surface area contributed by atoms with Crippen LogP contribution in [0.2, 0.25) is 0 Å². The van der Waals surface area contributed by atoms with E-state index in [1.165, 1.54) is 7.11 Å². The van der Waals surface area contributed by atoms with Gasteiger partial charge in [-0.1, -0.05) is 24.3 Å². The molecular weight excluding hydrogens is 318 g/mol. The van der Waals surface area contributed by atoms with Crippen molar-refractivity contribution in [3.05, 3.63) is 53.3 Å². The van der Waals surface area contributed by atoms with Gasteiger partial charge in [-0.25, -0.2) is 4.79 Å². The van der Waals surface area contributed by atoms with Crippen molar-refractivity contribution in [2.24, 2.45) is 0 Å². The molecule has 1 aromatic heterocycles. The molecule has 0 N–H and O–H groups in total. The van der Waals surface area contributed by atoms with Crippen LogP contribution < -0.4 is 0 Å². The zero-order chi connectivity index (χ0) is 17.6. The zero-order valence-electron chi connectivity index (χ0n) is 14.7. The number of hydrogen-bond acceptors (Lipinski definition) is 5. The lowest BCUT2D eigenvalue weighted by Gasteiger charge is -2.23. The van der Waals surface area contributed by atoms with Gasteiger partial charge in [-0.2, -0.15) is 0 Å². The first-order valence-electron chi connectivity index (χ1n) is 8.55. The first-order chi connectivity index (χ1) is 12.2.